The number of benzene rings is 1. The molecule has 0 spiro atoms. The lowest BCUT2D eigenvalue weighted by Crippen LogP contribution is -2.12. The average Bonchev–Trinajstić information content (AvgIpc) is 3.13. The van der Waals surface area contributed by atoms with Gasteiger partial charge in [0.2, 0.25) is 12.7 Å². The summed E-state index contributed by atoms with van der Waals surface area (Å²) in [4.78, 5) is 11.9. The molecule has 0 saturated carbocycles. The van der Waals surface area contributed by atoms with E-state index in [0.717, 1.165) is 34.8 Å². The fourth-order valence-electron chi connectivity index (χ4n) is 2.55. The second-order valence-electron chi connectivity index (χ2n) is 5.99. The van der Waals surface area contributed by atoms with Gasteiger partial charge in [-0.3, -0.25) is 9.89 Å². The minimum absolute atomic E-state index is 0.0293. The summed E-state index contributed by atoms with van der Waals surface area (Å²) in [7, 11) is 0. The van der Waals surface area contributed by atoms with Crippen LogP contribution in [0, 0.1) is 5.92 Å². The Kier molecular flexibility index (Phi) is 4.23. The fraction of sp³-hybridized carbons (Fsp3) is 0.412. The van der Waals surface area contributed by atoms with E-state index in [2.05, 4.69) is 29.4 Å². The van der Waals surface area contributed by atoms with Crippen LogP contribution in [0.15, 0.2) is 18.2 Å². The summed E-state index contributed by atoms with van der Waals surface area (Å²) in [5, 5.41) is 10.5. The van der Waals surface area contributed by atoms with E-state index in [1.165, 1.54) is 0 Å². The van der Waals surface area contributed by atoms with E-state index in [1.807, 2.05) is 25.1 Å². The third-order valence-corrected chi connectivity index (χ3v) is 3.69. The van der Waals surface area contributed by atoms with Crippen LogP contribution in [0.3, 0.4) is 0 Å². The molecule has 0 unspecified atom stereocenters. The minimum Gasteiger partial charge on any atom is -0.454 e. The van der Waals surface area contributed by atoms with Crippen molar-refractivity contribution in [2.24, 2.45) is 5.92 Å². The number of aromatic nitrogens is 2. The number of fused-ring (bicyclic) bond motifs is 1. The fourth-order valence-corrected chi connectivity index (χ4v) is 2.55. The van der Waals surface area contributed by atoms with Crippen LogP contribution in [0.1, 0.15) is 32.9 Å². The van der Waals surface area contributed by atoms with Gasteiger partial charge in [0.25, 0.3) is 0 Å². The van der Waals surface area contributed by atoms with Crippen LogP contribution < -0.4 is 14.8 Å². The quantitative estimate of drug-likeness (QED) is 0.887. The number of nitrogens with one attached hydrogen (secondary N) is 2. The number of amides is 1. The van der Waals surface area contributed by atoms with Crippen LogP contribution in [0.5, 0.6) is 11.5 Å². The smallest absolute Gasteiger partial charge is 0.231 e. The lowest BCUT2D eigenvalue weighted by Gasteiger charge is -2.09. The Morgan fingerprint density at radius 3 is 2.87 bits per heavy atom. The van der Waals surface area contributed by atoms with E-state index in [9.17, 15) is 4.79 Å². The maximum atomic E-state index is 11.9. The Hall–Kier alpha value is -2.50. The third kappa shape index (κ3) is 3.16. The van der Waals surface area contributed by atoms with Crippen molar-refractivity contribution in [2.45, 2.75) is 33.6 Å². The molecule has 3 rings (SSSR count). The van der Waals surface area contributed by atoms with Crippen molar-refractivity contribution in [3.05, 3.63) is 23.9 Å². The molecule has 2 heterocycles. The number of anilines is 1. The van der Waals surface area contributed by atoms with E-state index < -0.39 is 0 Å². The first kappa shape index (κ1) is 15.4. The molecule has 0 fully saturated rings. The summed E-state index contributed by atoms with van der Waals surface area (Å²) in [5.41, 5.74) is 3.30. The number of hydrogen-bond acceptors (Lipinski definition) is 4. The topological polar surface area (TPSA) is 76.2 Å². The second-order valence-corrected chi connectivity index (χ2v) is 5.99. The van der Waals surface area contributed by atoms with Gasteiger partial charge in [0, 0.05) is 12.0 Å². The number of rotatable bonds is 5. The van der Waals surface area contributed by atoms with Crippen molar-refractivity contribution in [1.29, 1.82) is 0 Å². The molecule has 1 aromatic carbocycles. The molecule has 1 aliphatic rings. The van der Waals surface area contributed by atoms with Gasteiger partial charge in [0.15, 0.2) is 11.5 Å². The number of ether oxygens (including phenoxy) is 2. The van der Waals surface area contributed by atoms with Crippen molar-refractivity contribution in [1.82, 2.24) is 10.2 Å². The predicted octanol–water partition coefficient (Wildman–Crippen LogP) is 3.35. The van der Waals surface area contributed by atoms with E-state index in [-0.39, 0.29) is 12.7 Å². The maximum Gasteiger partial charge on any atom is 0.231 e. The summed E-state index contributed by atoms with van der Waals surface area (Å²) >= 11 is 0. The zero-order valence-corrected chi connectivity index (χ0v) is 13.6. The largest absolute Gasteiger partial charge is 0.454 e. The number of H-pyrrole nitrogens is 1. The molecule has 1 aromatic heterocycles. The van der Waals surface area contributed by atoms with Crippen molar-refractivity contribution in [2.75, 3.05) is 12.1 Å². The number of aromatic amines is 1. The van der Waals surface area contributed by atoms with Gasteiger partial charge in [-0.05, 0) is 30.5 Å². The van der Waals surface area contributed by atoms with Crippen molar-refractivity contribution in [3.8, 4) is 22.8 Å². The molecule has 2 N–H and O–H groups in total. The molecule has 6 heteroatoms. The Morgan fingerprint density at radius 2 is 2.13 bits per heavy atom. The lowest BCUT2D eigenvalue weighted by molar-refractivity contribution is -0.115. The van der Waals surface area contributed by atoms with Gasteiger partial charge < -0.3 is 14.8 Å². The molecule has 1 amide bonds. The highest BCUT2D eigenvalue weighted by molar-refractivity contribution is 5.95. The second kappa shape index (κ2) is 6.32. The lowest BCUT2D eigenvalue weighted by atomic mass is 10.0. The van der Waals surface area contributed by atoms with E-state index in [4.69, 9.17) is 9.47 Å². The van der Waals surface area contributed by atoms with E-state index >= 15 is 0 Å². The van der Waals surface area contributed by atoms with Crippen LogP contribution >= 0.6 is 0 Å². The van der Waals surface area contributed by atoms with Gasteiger partial charge in [-0.25, -0.2) is 0 Å². The van der Waals surface area contributed by atoms with Gasteiger partial charge in [-0.1, -0.05) is 20.8 Å². The molecule has 0 bridgehead atoms. The monoisotopic (exact) mass is 315 g/mol. The number of hydrogen-bond donors (Lipinski definition) is 2. The summed E-state index contributed by atoms with van der Waals surface area (Å²) in [6.45, 7) is 6.33. The molecule has 0 radical (unpaired) electrons. The van der Waals surface area contributed by atoms with Gasteiger partial charge >= 0.3 is 0 Å². The van der Waals surface area contributed by atoms with Crippen LogP contribution in [0.25, 0.3) is 11.3 Å². The predicted molar refractivity (Wildman–Crippen MR) is 87.6 cm³/mol. The summed E-state index contributed by atoms with van der Waals surface area (Å²) in [6.07, 6.45) is 1.24. The summed E-state index contributed by atoms with van der Waals surface area (Å²) in [6, 6.07) is 5.67. The number of carbonyl (C=O) groups excluding carboxylic acids is 1. The third-order valence-electron chi connectivity index (χ3n) is 3.69. The SMILES string of the molecule is CCC(=O)Nc1c(-c2ccc3c(c2)OCO3)n[nH]c1CC(C)C. The van der Waals surface area contributed by atoms with Crippen LogP contribution in [0.2, 0.25) is 0 Å². The molecular formula is C17H21N3O3. The van der Waals surface area contributed by atoms with Gasteiger partial charge in [-0.15, -0.1) is 0 Å². The molecule has 0 atom stereocenters. The maximum absolute atomic E-state index is 11.9. The van der Waals surface area contributed by atoms with Crippen LogP contribution in [0.4, 0.5) is 5.69 Å². The molecule has 0 aliphatic carbocycles. The normalized spacial score (nSPS) is 12.7. The Balaban J connectivity index is 2.00. The molecule has 1 aliphatic heterocycles. The van der Waals surface area contributed by atoms with Gasteiger partial charge in [0.1, 0.15) is 5.69 Å². The van der Waals surface area contributed by atoms with Crippen molar-refractivity contribution in [3.63, 3.8) is 0 Å². The first-order valence-corrected chi connectivity index (χ1v) is 7.85. The minimum atomic E-state index is -0.0293. The molecule has 2 aromatic rings. The van der Waals surface area contributed by atoms with Gasteiger partial charge in [0.05, 0.1) is 11.4 Å². The van der Waals surface area contributed by atoms with Gasteiger partial charge in [-0.2, -0.15) is 5.10 Å². The average molecular weight is 315 g/mol. The Morgan fingerprint density at radius 1 is 1.35 bits per heavy atom. The molecule has 6 nitrogen and oxygen atoms in total. The molecule has 23 heavy (non-hydrogen) atoms. The molecule has 122 valence electrons. The highest BCUT2D eigenvalue weighted by atomic mass is 16.7. The van der Waals surface area contributed by atoms with Crippen molar-refractivity contribution < 1.29 is 14.3 Å². The van der Waals surface area contributed by atoms with E-state index in [0.29, 0.717) is 18.1 Å². The Bertz CT molecular complexity index is 722. The Labute approximate surface area is 135 Å². The highest BCUT2D eigenvalue weighted by Gasteiger charge is 2.20. The zero-order valence-electron chi connectivity index (χ0n) is 13.6. The first-order valence-electron chi connectivity index (χ1n) is 7.85. The zero-order chi connectivity index (χ0) is 16.4. The van der Waals surface area contributed by atoms with Crippen molar-refractivity contribution >= 4 is 11.6 Å². The van der Waals surface area contributed by atoms with E-state index in [1.54, 1.807) is 0 Å². The molecular weight excluding hydrogens is 294 g/mol. The standard InChI is InChI=1S/C17H21N3O3/c1-4-15(21)18-17-12(7-10(2)3)19-20-16(17)11-5-6-13-14(8-11)23-9-22-13/h5-6,8,10H,4,7,9H2,1-3H3,(H,18,21)(H,19,20). The first-order chi connectivity index (χ1) is 11.1. The van der Waals surface area contributed by atoms with Crippen LogP contribution in [-0.2, 0) is 11.2 Å². The number of carbonyl (C=O) groups is 1. The highest BCUT2D eigenvalue weighted by Crippen LogP contribution is 2.38. The van der Waals surface area contributed by atoms with Crippen LogP contribution in [-0.4, -0.2) is 22.9 Å². The molecule has 0 saturated heterocycles. The summed E-state index contributed by atoms with van der Waals surface area (Å²) in [5.74, 6) is 1.85. The number of nitrogens with zero attached hydrogens (tertiary/aromatic N) is 1. The summed E-state index contributed by atoms with van der Waals surface area (Å²) < 4.78 is 10.8.